The van der Waals surface area contributed by atoms with Gasteiger partial charge in [0.15, 0.2) is 0 Å². The first kappa shape index (κ1) is 16.5. The van der Waals surface area contributed by atoms with E-state index in [1.54, 1.807) is 6.26 Å². The number of carbonyl (C=O) groups excluding carboxylic acids is 2. The highest BCUT2D eigenvalue weighted by atomic mass is 16.3. The average Bonchev–Trinajstić information content (AvgIpc) is 2.97. The van der Waals surface area contributed by atoms with E-state index < -0.39 is 0 Å². The molecule has 3 amide bonds. The number of amides is 3. The maximum atomic E-state index is 12.5. The first-order valence-electron chi connectivity index (χ1n) is 9.52. The molecule has 6 heteroatoms. The largest absolute Gasteiger partial charge is 0.467 e. The topological polar surface area (TPSA) is 74.6 Å². The van der Waals surface area contributed by atoms with Crippen LogP contribution in [-0.2, 0) is 11.3 Å². The van der Waals surface area contributed by atoms with Crippen molar-refractivity contribution >= 4 is 11.9 Å². The van der Waals surface area contributed by atoms with Crippen molar-refractivity contribution in [2.75, 3.05) is 13.1 Å². The van der Waals surface area contributed by atoms with E-state index in [4.69, 9.17) is 4.42 Å². The number of likely N-dealkylation sites (tertiary alicyclic amines) is 1. The molecule has 1 aliphatic heterocycles. The average molecular weight is 345 g/mol. The number of urea groups is 1. The van der Waals surface area contributed by atoms with Crippen LogP contribution in [0.3, 0.4) is 0 Å². The zero-order valence-electron chi connectivity index (χ0n) is 14.6. The summed E-state index contributed by atoms with van der Waals surface area (Å²) in [5, 5.41) is 6.14. The summed E-state index contributed by atoms with van der Waals surface area (Å²) in [5.74, 6) is 0.892. The van der Waals surface area contributed by atoms with E-state index in [1.165, 1.54) is 19.3 Å². The summed E-state index contributed by atoms with van der Waals surface area (Å²) in [6.07, 6.45) is 9.35. The van der Waals surface area contributed by atoms with E-state index in [9.17, 15) is 9.59 Å². The van der Waals surface area contributed by atoms with Crippen LogP contribution >= 0.6 is 0 Å². The van der Waals surface area contributed by atoms with Gasteiger partial charge in [-0.2, -0.15) is 0 Å². The number of nitrogens with one attached hydrogen (secondary N) is 2. The minimum atomic E-state index is 0.0111. The number of nitrogens with zero attached hydrogens (tertiary/aromatic N) is 1. The van der Waals surface area contributed by atoms with Gasteiger partial charge in [-0.15, -0.1) is 0 Å². The highest BCUT2D eigenvalue weighted by Gasteiger charge is 2.61. The molecule has 0 radical (unpaired) electrons. The Morgan fingerprint density at radius 2 is 2.12 bits per heavy atom. The molecule has 25 heavy (non-hydrogen) atoms. The third kappa shape index (κ3) is 3.53. The van der Waals surface area contributed by atoms with Crippen LogP contribution in [0.25, 0.3) is 0 Å². The van der Waals surface area contributed by atoms with Crippen LogP contribution in [0.5, 0.6) is 0 Å². The molecule has 3 aliphatic rings. The van der Waals surface area contributed by atoms with Crippen LogP contribution in [-0.4, -0.2) is 36.0 Å². The molecule has 2 saturated carbocycles. The monoisotopic (exact) mass is 345 g/mol. The van der Waals surface area contributed by atoms with Gasteiger partial charge in [0.25, 0.3) is 0 Å². The Bertz CT molecular complexity index is 624. The molecule has 1 spiro atoms. The maximum Gasteiger partial charge on any atom is 0.317 e. The van der Waals surface area contributed by atoms with E-state index in [0.29, 0.717) is 19.1 Å². The van der Waals surface area contributed by atoms with Crippen molar-refractivity contribution in [1.82, 2.24) is 15.5 Å². The van der Waals surface area contributed by atoms with E-state index in [-0.39, 0.29) is 23.3 Å². The standard InChI is InChI=1S/C19H27N3O3/c23-17(20-12-15-7-4-10-25-15)16-11-19(16)8-9-22(13-19)18(24)21-14-5-2-1-3-6-14/h4,7,10,14,16H,1-3,5-6,8-9,11-13H2,(H,20,23)(H,21,24)/t16-,19-/m0/s1. The highest BCUT2D eigenvalue weighted by Crippen LogP contribution is 2.58. The van der Waals surface area contributed by atoms with Gasteiger partial charge in [-0.3, -0.25) is 4.79 Å². The SMILES string of the molecule is O=C(NCc1ccco1)[C@@H]1C[C@]12CCN(C(=O)NC1CCCCC1)C2. The van der Waals surface area contributed by atoms with Crippen molar-refractivity contribution in [3.63, 3.8) is 0 Å². The van der Waals surface area contributed by atoms with Gasteiger partial charge < -0.3 is 20.0 Å². The first-order valence-corrected chi connectivity index (χ1v) is 9.52. The minimum absolute atomic E-state index is 0.0111. The van der Waals surface area contributed by atoms with E-state index >= 15 is 0 Å². The molecular formula is C19H27N3O3. The van der Waals surface area contributed by atoms with E-state index in [0.717, 1.165) is 38.0 Å². The molecule has 0 bridgehead atoms. The smallest absolute Gasteiger partial charge is 0.317 e. The molecule has 2 aliphatic carbocycles. The summed E-state index contributed by atoms with van der Waals surface area (Å²) in [7, 11) is 0. The van der Waals surface area contributed by atoms with Crippen molar-refractivity contribution < 1.29 is 14.0 Å². The van der Waals surface area contributed by atoms with E-state index in [1.807, 2.05) is 17.0 Å². The summed E-state index contributed by atoms with van der Waals surface area (Å²) in [5.41, 5.74) is 0.0111. The number of hydrogen-bond acceptors (Lipinski definition) is 3. The number of rotatable bonds is 4. The van der Waals surface area contributed by atoms with Crippen LogP contribution in [0, 0.1) is 11.3 Å². The molecule has 1 aromatic heterocycles. The quantitative estimate of drug-likeness (QED) is 0.881. The molecule has 2 heterocycles. The fraction of sp³-hybridized carbons (Fsp3) is 0.684. The van der Waals surface area contributed by atoms with Gasteiger partial charge in [-0.25, -0.2) is 4.79 Å². The Morgan fingerprint density at radius 3 is 2.88 bits per heavy atom. The minimum Gasteiger partial charge on any atom is -0.467 e. The van der Waals surface area contributed by atoms with Gasteiger partial charge in [0.05, 0.1) is 12.8 Å². The Kier molecular flexibility index (Phi) is 4.44. The predicted molar refractivity (Wildman–Crippen MR) is 92.7 cm³/mol. The molecule has 6 nitrogen and oxygen atoms in total. The fourth-order valence-electron chi connectivity index (χ4n) is 4.46. The lowest BCUT2D eigenvalue weighted by atomic mass is 9.96. The van der Waals surface area contributed by atoms with Crippen LogP contribution in [0.4, 0.5) is 4.79 Å². The third-order valence-electron chi connectivity index (χ3n) is 6.13. The molecular weight excluding hydrogens is 318 g/mol. The second kappa shape index (κ2) is 6.73. The van der Waals surface area contributed by atoms with Crippen molar-refractivity contribution in [2.24, 2.45) is 11.3 Å². The lowest BCUT2D eigenvalue weighted by Crippen LogP contribution is -2.44. The third-order valence-corrected chi connectivity index (χ3v) is 6.13. The molecule has 4 rings (SSSR count). The van der Waals surface area contributed by atoms with Gasteiger partial charge in [0, 0.05) is 30.5 Å². The molecule has 0 aromatic carbocycles. The van der Waals surface area contributed by atoms with Gasteiger partial charge in [0.1, 0.15) is 5.76 Å². The van der Waals surface area contributed by atoms with Crippen molar-refractivity contribution in [1.29, 1.82) is 0 Å². The zero-order valence-corrected chi connectivity index (χ0v) is 14.6. The van der Waals surface area contributed by atoms with Crippen molar-refractivity contribution in [2.45, 2.75) is 57.5 Å². The molecule has 3 fully saturated rings. The van der Waals surface area contributed by atoms with Gasteiger partial charge >= 0.3 is 6.03 Å². The molecule has 1 saturated heterocycles. The molecule has 136 valence electrons. The Balaban J connectivity index is 1.24. The van der Waals surface area contributed by atoms with Crippen LogP contribution in [0.2, 0.25) is 0 Å². The summed E-state index contributed by atoms with van der Waals surface area (Å²) in [6, 6.07) is 4.07. The summed E-state index contributed by atoms with van der Waals surface area (Å²) in [4.78, 5) is 26.8. The second-order valence-corrected chi connectivity index (χ2v) is 7.87. The number of furan rings is 1. The molecule has 0 unspecified atom stereocenters. The van der Waals surface area contributed by atoms with Gasteiger partial charge in [-0.05, 0) is 37.8 Å². The second-order valence-electron chi connectivity index (χ2n) is 7.87. The highest BCUT2D eigenvalue weighted by molar-refractivity contribution is 5.83. The van der Waals surface area contributed by atoms with Crippen LogP contribution in [0.1, 0.15) is 50.7 Å². The van der Waals surface area contributed by atoms with Crippen molar-refractivity contribution in [3.8, 4) is 0 Å². The lowest BCUT2D eigenvalue weighted by molar-refractivity contribution is -0.123. The number of hydrogen-bond donors (Lipinski definition) is 2. The maximum absolute atomic E-state index is 12.5. The lowest BCUT2D eigenvalue weighted by Gasteiger charge is -2.26. The first-order chi connectivity index (χ1) is 12.2. The Labute approximate surface area is 148 Å². The molecule has 2 N–H and O–H groups in total. The summed E-state index contributed by atoms with van der Waals surface area (Å²) in [6.45, 7) is 1.91. The van der Waals surface area contributed by atoms with Crippen LogP contribution < -0.4 is 10.6 Å². The van der Waals surface area contributed by atoms with Crippen LogP contribution in [0.15, 0.2) is 22.8 Å². The normalized spacial score (nSPS) is 29.0. The predicted octanol–water partition coefficient (Wildman–Crippen LogP) is 2.65. The van der Waals surface area contributed by atoms with Gasteiger partial charge in [0.2, 0.25) is 5.91 Å². The molecule has 2 atom stereocenters. The van der Waals surface area contributed by atoms with Crippen molar-refractivity contribution in [3.05, 3.63) is 24.2 Å². The summed E-state index contributed by atoms with van der Waals surface area (Å²) >= 11 is 0. The van der Waals surface area contributed by atoms with Gasteiger partial charge in [-0.1, -0.05) is 19.3 Å². The van der Waals surface area contributed by atoms with E-state index in [2.05, 4.69) is 10.6 Å². The fourth-order valence-corrected chi connectivity index (χ4v) is 4.46. The molecule has 1 aromatic rings. The zero-order chi connectivity index (χ0) is 17.3. The Morgan fingerprint density at radius 1 is 1.28 bits per heavy atom. The number of carbonyl (C=O) groups is 2. The summed E-state index contributed by atoms with van der Waals surface area (Å²) < 4.78 is 5.25. The Hall–Kier alpha value is -1.98.